The van der Waals surface area contributed by atoms with Crippen molar-refractivity contribution in [3.8, 4) is 5.75 Å². The zero-order valence-corrected chi connectivity index (χ0v) is 13.9. The predicted octanol–water partition coefficient (Wildman–Crippen LogP) is 3.59. The van der Waals surface area contributed by atoms with E-state index in [-0.39, 0.29) is 17.5 Å². The average molecular weight is 359 g/mol. The lowest BCUT2D eigenvalue weighted by molar-refractivity contribution is -0.145. The number of hydrogen-bond acceptors (Lipinski definition) is 3. The summed E-state index contributed by atoms with van der Waals surface area (Å²) in [6.07, 6.45) is -0.217. The second-order valence-corrected chi connectivity index (χ2v) is 6.92. The van der Waals surface area contributed by atoms with E-state index in [1.807, 2.05) is 48.5 Å². The summed E-state index contributed by atoms with van der Waals surface area (Å²) in [4.78, 5) is 12.7. The molecule has 0 unspecified atom stereocenters. The van der Waals surface area contributed by atoms with Crippen LogP contribution in [0.1, 0.15) is 18.1 Å². The molecule has 112 valence electrons. The number of para-hydroxylation sites is 1. The topological polar surface area (TPSA) is 35.5 Å². The normalized spacial score (nSPS) is 31.0. The lowest BCUT2D eigenvalue weighted by Gasteiger charge is -2.23. The molecule has 4 rings (SSSR count). The van der Waals surface area contributed by atoms with Gasteiger partial charge in [-0.25, -0.2) is 0 Å². The van der Waals surface area contributed by atoms with Crippen molar-refractivity contribution in [3.63, 3.8) is 0 Å². The maximum Gasteiger partial charge on any atom is 0.321 e. The number of rotatable bonds is 2. The van der Waals surface area contributed by atoms with E-state index in [1.54, 1.807) is 0 Å². The van der Waals surface area contributed by atoms with E-state index in [2.05, 4.69) is 22.9 Å². The number of halogens is 1. The molecule has 1 aliphatic heterocycles. The summed E-state index contributed by atoms with van der Waals surface area (Å²) < 4.78 is 12.2. The molecule has 1 heterocycles. The fraction of sp³-hybridized carbons (Fsp3) is 0.278. The fourth-order valence-electron chi connectivity index (χ4n) is 4.03. The van der Waals surface area contributed by atoms with E-state index in [0.717, 1.165) is 21.3 Å². The maximum absolute atomic E-state index is 12.7. The van der Waals surface area contributed by atoms with Gasteiger partial charge in [0, 0.05) is 10.0 Å². The van der Waals surface area contributed by atoms with E-state index >= 15 is 0 Å². The maximum atomic E-state index is 12.7. The van der Waals surface area contributed by atoms with Crippen molar-refractivity contribution in [1.82, 2.24) is 0 Å². The molecule has 0 bridgehead atoms. The van der Waals surface area contributed by atoms with Gasteiger partial charge < -0.3 is 9.47 Å². The Labute approximate surface area is 137 Å². The van der Waals surface area contributed by atoms with E-state index < -0.39 is 5.41 Å². The minimum absolute atomic E-state index is 0.217. The molecule has 0 amide bonds. The van der Waals surface area contributed by atoms with Crippen LogP contribution < -0.4 is 4.74 Å². The first-order valence-corrected chi connectivity index (χ1v) is 7.96. The lowest BCUT2D eigenvalue weighted by Crippen LogP contribution is -2.33. The average Bonchev–Trinajstić information content (AvgIpc) is 2.93. The Balaban J connectivity index is 1.91. The Bertz CT molecular complexity index is 770. The number of benzene rings is 2. The smallest absolute Gasteiger partial charge is 0.321 e. The molecule has 1 saturated carbocycles. The molecule has 3 atom stereocenters. The van der Waals surface area contributed by atoms with Gasteiger partial charge in [-0.2, -0.15) is 0 Å². The van der Waals surface area contributed by atoms with Gasteiger partial charge in [-0.05, 0) is 23.8 Å². The van der Waals surface area contributed by atoms with Crippen molar-refractivity contribution in [2.24, 2.45) is 0 Å². The van der Waals surface area contributed by atoms with Crippen LogP contribution in [-0.2, 0) is 20.4 Å². The highest BCUT2D eigenvalue weighted by Crippen LogP contribution is 2.72. The van der Waals surface area contributed by atoms with Crippen LogP contribution in [0.25, 0.3) is 0 Å². The largest absolute Gasteiger partial charge is 0.488 e. The quantitative estimate of drug-likeness (QED) is 0.769. The molecule has 0 N–H and O–H groups in total. The van der Waals surface area contributed by atoms with Crippen LogP contribution in [0.5, 0.6) is 5.75 Å². The van der Waals surface area contributed by atoms with E-state index in [1.165, 1.54) is 7.11 Å². The SMILES string of the molecule is COC(=O)[C@@]1(c2ccc(Br)cc2)[C@@H]2Oc3ccccc3[C@@]21C. The third-order valence-corrected chi connectivity index (χ3v) is 5.68. The first-order valence-electron chi connectivity index (χ1n) is 7.17. The number of ether oxygens (including phenoxy) is 2. The van der Waals surface area contributed by atoms with Crippen LogP contribution in [0.3, 0.4) is 0 Å². The highest BCUT2D eigenvalue weighted by molar-refractivity contribution is 9.10. The molecule has 2 aromatic rings. The monoisotopic (exact) mass is 358 g/mol. The Morgan fingerprint density at radius 2 is 1.86 bits per heavy atom. The van der Waals surface area contributed by atoms with Gasteiger partial charge in [-0.3, -0.25) is 4.79 Å². The highest BCUT2D eigenvalue weighted by atomic mass is 79.9. The third-order valence-electron chi connectivity index (χ3n) is 5.15. The standard InChI is InChI=1S/C18H15BrO3/c1-17-13-5-3-4-6-14(13)22-15(17)18(17,16(20)21-2)11-7-9-12(19)10-8-11/h3-10,15H,1-2H3/t15-,17+,18-/m1/s1. The number of esters is 1. The van der Waals surface area contributed by atoms with Crippen molar-refractivity contribution in [2.45, 2.75) is 23.9 Å². The van der Waals surface area contributed by atoms with Crippen molar-refractivity contribution in [1.29, 1.82) is 0 Å². The van der Waals surface area contributed by atoms with Crippen LogP contribution in [-0.4, -0.2) is 19.2 Å². The molecule has 3 nitrogen and oxygen atoms in total. The third kappa shape index (κ3) is 1.39. The molecular formula is C18H15BrO3. The first kappa shape index (κ1) is 13.8. The molecule has 0 radical (unpaired) electrons. The summed E-state index contributed by atoms with van der Waals surface area (Å²) >= 11 is 3.44. The molecular weight excluding hydrogens is 344 g/mol. The summed E-state index contributed by atoms with van der Waals surface area (Å²) in [5, 5.41) is 0. The zero-order valence-electron chi connectivity index (χ0n) is 12.3. The van der Waals surface area contributed by atoms with E-state index in [9.17, 15) is 4.79 Å². The molecule has 1 aliphatic carbocycles. The fourth-order valence-corrected chi connectivity index (χ4v) is 4.29. The number of carbonyl (C=O) groups is 1. The molecule has 2 aromatic carbocycles. The number of fused-ring (bicyclic) bond motifs is 3. The van der Waals surface area contributed by atoms with Crippen LogP contribution in [0.15, 0.2) is 53.0 Å². The van der Waals surface area contributed by atoms with Gasteiger partial charge in [-0.15, -0.1) is 0 Å². The molecule has 0 saturated heterocycles. The number of carbonyl (C=O) groups excluding carboxylic acids is 1. The van der Waals surface area contributed by atoms with Gasteiger partial charge in [0.2, 0.25) is 0 Å². The Morgan fingerprint density at radius 1 is 1.18 bits per heavy atom. The minimum atomic E-state index is -0.767. The van der Waals surface area contributed by atoms with Gasteiger partial charge in [0.25, 0.3) is 0 Å². The van der Waals surface area contributed by atoms with Gasteiger partial charge in [-0.1, -0.05) is 53.2 Å². The lowest BCUT2D eigenvalue weighted by atomic mass is 9.82. The van der Waals surface area contributed by atoms with Crippen LogP contribution in [0, 0.1) is 0 Å². The Hall–Kier alpha value is -1.81. The number of methoxy groups -OCH3 is 1. The van der Waals surface area contributed by atoms with Crippen LogP contribution in [0.4, 0.5) is 0 Å². The minimum Gasteiger partial charge on any atom is -0.488 e. The predicted molar refractivity (Wildman–Crippen MR) is 86.0 cm³/mol. The molecule has 4 heteroatoms. The van der Waals surface area contributed by atoms with Crippen molar-refractivity contribution >= 4 is 21.9 Å². The first-order chi connectivity index (χ1) is 10.6. The van der Waals surface area contributed by atoms with Gasteiger partial charge >= 0.3 is 5.97 Å². The van der Waals surface area contributed by atoms with Gasteiger partial charge in [0.05, 0.1) is 12.5 Å². The van der Waals surface area contributed by atoms with Gasteiger partial charge in [0.1, 0.15) is 17.3 Å². The second-order valence-electron chi connectivity index (χ2n) is 6.00. The highest BCUT2D eigenvalue weighted by Gasteiger charge is 2.85. The van der Waals surface area contributed by atoms with Crippen molar-refractivity contribution in [3.05, 3.63) is 64.1 Å². The molecule has 0 aromatic heterocycles. The molecule has 1 fully saturated rings. The van der Waals surface area contributed by atoms with Crippen molar-refractivity contribution < 1.29 is 14.3 Å². The summed E-state index contributed by atoms with van der Waals surface area (Å²) in [7, 11) is 1.44. The summed E-state index contributed by atoms with van der Waals surface area (Å²) in [5.41, 5.74) is 0.860. The Kier molecular flexibility index (Phi) is 2.74. The number of hydrogen-bond donors (Lipinski definition) is 0. The molecule has 22 heavy (non-hydrogen) atoms. The summed E-state index contributed by atoms with van der Waals surface area (Å²) in [6.45, 7) is 2.09. The zero-order chi connectivity index (χ0) is 15.5. The van der Waals surface area contributed by atoms with Crippen LogP contribution in [0.2, 0.25) is 0 Å². The van der Waals surface area contributed by atoms with E-state index in [0.29, 0.717) is 0 Å². The molecule has 0 spiro atoms. The van der Waals surface area contributed by atoms with E-state index in [4.69, 9.17) is 9.47 Å². The summed E-state index contributed by atoms with van der Waals surface area (Å²) in [6, 6.07) is 15.8. The summed E-state index contributed by atoms with van der Waals surface area (Å²) in [5.74, 6) is 0.628. The van der Waals surface area contributed by atoms with Gasteiger partial charge in [0.15, 0.2) is 0 Å². The Morgan fingerprint density at radius 3 is 2.55 bits per heavy atom. The van der Waals surface area contributed by atoms with Crippen LogP contribution >= 0.6 is 15.9 Å². The van der Waals surface area contributed by atoms with Crippen molar-refractivity contribution in [2.75, 3.05) is 7.11 Å². The molecule has 2 aliphatic rings. The second kappa shape index (κ2) is 4.35.